The van der Waals surface area contributed by atoms with Crippen molar-refractivity contribution in [3.63, 3.8) is 0 Å². The van der Waals surface area contributed by atoms with Crippen molar-refractivity contribution in [2.45, 2.75) is 51.0 Å². The third-order valence-corrected chi connectivity index (χ3v) is 7.42. The molecule has 178 valence electrons. The molecule has 8 nitrogen and oxygen atoms in total. The van der Waals surface area contributed by atoms with E-state index in [2.05, 4.69) is 9.82 Å². The van der Waals surface area contributed by atoms with Gasteiger partial charge in [0.2, 0.25) is 0 Å². The number of Topliss-reactive ketones (excluding diaryl/α,β-unsaturated/α-hetero) is 1. The van der Waals surface area contributed by atoms with Crippen molar-refractivity contribution in [1.82, 2.24) is 9.78 Å². The number of ketones is 1. The van der Waals surface area contributed by atoms with Crippen LogP contribution in [0.4, 0.5) is 5.69 Å². The summed E-state index contributed by atoms with van der Waals surface area (Å²) in [7, 11) is -2.65. The third-order valence-electron chi connectivity index (χ3n) is 6.01. The number of aryl methyl sites for hydroxylation is 1. The number of methoxy groups -OCH3 is 1. The zero-order chi connectivity index (χ0) is 24.5. The maximum absolute atomic E-state index is 13.4. The lowest BCUT2D eigenvalue weighted by Gasteiger charge is -2.20. The number of ether oxygens (including phenoxy) is 1. The number of fused-ring (bicyclic) bond motifs is 1. The van der Waals surface area contributed by atoms with Gasteiger partial charge in [-0.1, -0.05) is 12.1 Å². The molecule has 1 aliphatic carbocycles. The average molecular weight is 482 g/mol. The van der Waals surface area contributed by atoms with Gasteiger partial charge in [-0.05, 0) is 75.4 Å². The van der Waals surface area contributed by atoms with Crippen molar-refractivity contribution in [1.29, 1.82) is 0 Å². The Morgan fingerprint density at radius 1 is 1.12 bits per heavy atom. The molecule has 0 amide bonds. The molecular formula is C25H27N3O5S. The van der Waals surface area contributed by atoms with Gasteiger partial charge in [-0.3, -0.25) is 14.3 Å². The van der Waals surface area contributed by atoms with E-state index in [-0.39, 0.29) is 27.7 Å². The largest absolute Gasteiger partial charge is 0.495 e. The van der Waals surface area contributed by atoms with Gasteiger partial charge in [0.05, 0.1) is 12.8 Å². The van der Waals surface area contributed by atoms with Crippen LogP contribution < -0.4 is 15.0 Å². The van der Waals surface area contributed by atoms with E-state index in [4.69, 9.17) is 4.74 Å². The molecule has 3 aromatic rings. The number of nitrogens with zero attached hydrogens (tertiary/aromatic N) is 2. The monoisotopic (exact) mass is 481 g/mol. The standard InChI is InChI=1S/C25H27N3O5S/c1-4-28-25(30)21-11-6-5-10-20(21)24(26-28)18-12-13-22(33-3)23(15-18)34(31,32)27-19-9-7-8-17(14-19)16(2)29/h7-9,12-15,27H,4-6,10-11H2,1-3H3. The Morgan fingerprint density at radius 3 is 2.53 bits per heavy atom. The van der Waals surface area contributed by atoms with Crippen LogP contribution in [0.25, 0.3) is 11.3 Å². The van der Waals surface area contributed by atoms with Gasteiger partial charge < -0.3 is 4.74 Å². The van der Waals surface area contributed by atoms with Gasteiger partial charge in [-0.15, -0.1) is 0 Å². The lowest BCUT2D eigenvalue weighted by atomic mass is 9.90. The van der Waals surface area contributed by atoms with Gasteiger partial charge >= 0.3 is 0 Å². The highest BCUT2D eigenvalue weighted by Crippen LogP contribution is 2.34. The molecule has 0 bridgehead atoms. The fourth-order valence-electron chi connectivity index (χ4n) is 4.28. The first-order valence-electron chi connectivity index (χ1n) is 11.2. The molecule has 2 aromatic carbocycles. The number of hydrogen-bond donors (Lipinski definition) is 1. The highest BCUT2D eigenvalue weighted by Gasteiger charge is 2.25. The summed E-state index contributed by atoms with van der Waals surface area (Å²) in [5.74, 6) is 0.0131. The van der Waals surface area contributed by atoms with Gasteiger partial charge in [0.1, 0.15) is 10.6 Å². The molecule has 0 fully saturated rings. The van der Waals surface area contributed by atoms with E-state index in [0.29, 0.717) is 29.8 Å². The number of sulfonamides is 1. The van der Waals surface area contributed by atoms with Crippen molar-refractivity contribution in [2.75, 3.05) is 11.8 Å². The van der Waals surface area contributed by atoms with Crippen LogP contribution in [0.1, 0.15) is 48.2 Å². The Labute approximate surface area is 198 Å². The Hall–Kier alpha value is -3.46. The molecule has 1 heterocycles. The van der Waals surface area contributed by atoms with Crippen molar-refractivity contribution in [3.05, 3.63) is 69.5 Å². The summed E-state index contributed by atoms with van der Waals surface area (Å²) in [5.41, 5.74) is 3.46. The maximum atomic E-state index is 13.4. The Balaban J connectivity index is 1.83. The molecule has 1 aromatic heterocycles. The Kier molecular flexibility index (Phi) is 6.56. The number of rotatable bonds is 7. The molecule has 4 rings (SSSR count). The minimum absolute atomic E-state index is 0.0543. The minimum Gasteiger partial charge on any atom is -0.495 e. The summed E-state index contributed by atoms with van der Waals surface area (Å²) in [6, 6.07) is 11.2. The van der Waals surface area contributed by atoms with Gasteiger partial charge in [0, 0.05) is 28.9 Å². The second-order valence-electron chi connectivity index (χ2n) is 8.24. The van der Waals surface area contributed by atoms with Crippen LogP contribution in [0, 0.1) is 0 Å². The SMILES string of the molecule is CCn1nc(-c2ccc(OC)c(S(=O)(=O)Nc3cccc(C(C)=O)c3)c2)c2c(c1=O)CCCC2. The molecule has 9 heteroatoms. The van der Waals surface area contributed by atoms with Crippen LogP contribution >= 0.6 is 0 Å². The minimum atomic E-state index is -4.06. The van der Waals surface area contributed by atoms with Crippen LogP contribution in [-0.2, 0) is 29.4 Å². The molecule has 34 heavy (non-hydrogen) atoms. The van der Waals surface area contributed by atoms with Gasteiger partial charge in [0.15, 0.2) is 5.78 Å². The number of benzene rings is 2. The van der Waals surface area contributed by atoms with Gasteiger partial charge in [-0.2, -0.15) is 5.10 Å². The molecule has 0 unspecified atom stereocenters. The molecule has 0 spiro atoms. The van der Waals surface area contributed by atoms with Crippen molar-refractivity contribution in [3.8, 4) is 17.0 Å². The zero-order valence-electron chi connectivity index (χ0n) is 19.4. The number of anilines is 1. The van der Waals surface area contributed by atoms with E-state index < -0.39 is 10.0 Å². The average Bonchev–Trinajstić information content (AvgIpc) is 2.84. The first-order chi connectivity index (χ1) is 16.2. The van der Waals surface area contributed by atoms with E-state index in [1.165, 1.54) is 30.8 Å². The number of nitrogens with one attached hydrogen (secondary N) is 1. The van der Waals surface area contributed by atoms with Crippen molar-refractivity contribution >= 4 is 21.5 Å². The van der Waals surface area contributed by atoms with Crippen molar-refractivity contribution < 1.29 is 17.9 Å². The topological polar surface area (TPSA) is 107 Å². The molecule has 0 saturated heterocycles. The fraction of sp³-hybridized carbons (Fsp3) is 0.320. The Bertz CT molecular complexity index is 1430. The number of carbonyl (C=O) groups is 1. The molecule has 0 atom stereocenters. The number of carbonyl (C=O) groups excluding carboxylic acids is 1. The Morgan fingerprint density at radius 2 is 1.85 bits per heavy atom. The maximum Gasteiger partial charge on any atom is 0.270 e. The fourth-order valence-corrected chi connectivity index (χ4v) is 5.52. The molecule has 0 saturated carbocycles. The summed E-state index contributed by atoms with van der Waals surface area (Å²) in [4.78, 5) is 24.4. The lowest BCUT2D eigenvalue weighted by molar-refractivity contribution is 0.101. The smallest absolute Gasteiger partial charge is 0.270 e. The molecule has 1 N–H and O–H groups in total. The summed E-state index contributed by atoms with van der Waals surface area (Å²) in [5, 5.41) is 4.58. The second-order valence-corrected chi connectivity index (χ2v) is 9.89. The van der Waals surface area contributed by atoms with E-state index in [1.807, 2.05) is 6.92 Å². The summed E-state index contributed by atoms with van der Waals surface area (Å²) in [6.45, 7) is 3.70. The van der Waals surface area contributed by atoms with Crippen molar-refractivity contribution in [2.24, 2.45) is 0 Å². The summed E-state index contributed by atoms with van der Waals surface area (Å²) < 4.78 is 36.0. The van der Waals surface area contributed by atoms with E-state index in [0.717, 1.165) is 30.4 Å². The van der Waals surface area contributed by atoms with Crippen LogP contribution in [0.2, 0.25) is 0 Å². The molecular weight excluding hydrogens is 454 g/mol. The summed E-state index contributed by atoms with van der Waals surface area (Å²) >= 11 is 0. The second kappa shape index (κ2) is 9.42. The highest BCUT2D eigenvalue weighted by molar-refractivity contribution is 7.92. The first-order valence-corrected chi connectivity index (χ1v) is 12.7. The quantitative estimate of drug-likeness (QED) is 0.514. The van der Waals surface area contributed by atoms with E-state index in [9.17, 15) is 18.0 Å². The van der Waals surface area contributed by atoms with Crippen LogP contribution in [0.15, 0.2) is 52.2 Å². The number of hydrogen-bond acceptors (Lipinski definition) is 6. The highest BCUT2D eigenvalue weighted by atomic mass is 32.2. The van der Waals surface area contributed by atoms with Gasteiger partial charge in [0.25, 0.3) is 15.6 Å². The van der Waals surface area contributed by atoms with Crippen LogP contribution in [0.3, 0.4) is 0 Å². The number of aromatic nitrogens is 2. The van der Waals surface area contributed by atoms with E-state index in [1.54, 1.807) is 30.3 Å². The van der Waals surface area contributed by atoms with Gasteiger partial charge in [-0.25, -0.2) is 13.1 Å². The predicted molar refractivity (Wildman–Crippen MR) is 130 cm³/mol. The molecule has 1 aliphatic rings. The lowest BCUT2D eigenvalue weighted by Crippen LogP contribution is -2.30. The first kappa shape index (κ1) is 23.7. The van der Waals surface area contributed by atoms with Crippen LogP contribution in [-0.4, -0.2) is 31.1 Å². The van der Waals surface area contributed by atoms with Crippen LogP contribution in [0.5, 0.6) is 5.75 Å². The third kappa shape index (κ3) is 4.48. The zero-order valence-corrected chi connectivity index (χ0v) is 20.2. The molecule has 0 radical (unpaired) electrons. The molecule has 0 aliphatic heterocycles. The predicted octanol–water partition coefficient (Wildman–Crippen LogP) is 3.82. The van der Waals surface area contributed by atoms with E-state index >= 15 is 0 Å². The summed E-state index contributed by atoms with van der Waals surface area (Å²) in [6.07, 6.45) is 3.31. The normalized spacial score (nSPS) is 13.3.